The van der Waals surface area contributed by atoms with Crippen LogP contribution < -0.4 is 5.32 Å². The molecular weight excluding hydrogens is 390 g/mol. The lowest BCUT2D eigenvalue weighted by molar-refractivity contribution is 0.103. The van der Waals surface area contributed by atoms with E-state index in [1.165, 1.54) is 11.3 Å². The van der Waals surface area contributed by atoms with E-state index in [1.54, 1.807) is 0 Å². The summed E-state index contributed by atoms with van der Waals surface area (Å²) in [6.07, 6.45) is 0. The van der Waals surface area contributed by atoms with E-state index in [2.05, 4.69) is 51.0 Å². The van der Waals surface area contributed by atoms with Crippen LogP contribution in [0.1, 0.15) is 35.0 Å². The molecule has 0 bridgehead atoms. The first kappa shape index (κ1) is 14.8. The highest BCUT2D eigenvalue weighted by molar-refractivity contribution is 9.13. The Morgan fingerprint density at radius 2 is 1.95 bits per heavy atom. The van der Waals surface area contributed by atoms with Crippen molar-refractivity contribution in [2.24, 2.45) is 0 Å². The lowest BCUT2D eigenvalue weighted by atomic mass is 10.0. The maximum absolute atomic E-state index is 12.2. The van der Waals surface area contributed by atoms with E-state index in [0.29, 0.717) is 10.8 Å². The standard InChI is InChI=1S/C14H13Br2NOS/c1-8(2)9-5-3-4-6-11(9)17-14(18)12-7-10(15)13(16)19-12/h3-8H,1-2H3,(H,17,18). The first-order valence-corrected chi connectivity index (χ1v) is 8.24. The molecule has 1 aromatic carbocycles. The summed E-state index contributed by atoms with van der Waals surface area (Å²) in [5.41, 5.74) is 2.02. The second-order valence-electron chi connectivity index (χ2n) is 4.43. The molecule has 1 amide bonds. The van der Waals surface area contributed by atoms with E-state index in [0.717, 1.165) is 19.5 Å². The predicted molar refractivity (Wildman–Crippen MR) is 88.2 cm³/mol. The number of thiophene rings is 1. The van der Waals surface area contributed by atoms with Crippen LogP contribution in [0.4, 0.5) is 5.69 Å². The normalized spacial score (nSPS) is 10.8. The average Bonchev–Trinajstić information content (AvgIpc) is 2.70. The zero-order valence-electron chi connectivity index (χ0n) is 10.5. The van der Waals surface area contributed by atoms with E-state index in [4.69, 9.17) is 0 Å². The van der Waals surface area contributed by atoms with Crippen molar-refractivity contribution in [1.82, 2.24) is 0 Å². The molecule has 0 atom stereocenters. The van der Waals surface area contributed by atoms with Crippen LogP contribution in [0.5, 0.6) is 0 Å². The highest BCUT2D eigenvalue weighted by Crippen LogP contribution is 2.33. The van der Waals surface area contributed by atoms with Crippen molar-refractivity contribution in [1.29, 1.82) is 0 Å². The van der Waals surface area contributed by atoms with Crippen molar-refractivity contribution in [3.8, 4) is 0 Å². The van der Waals surface area contributed by atoms with Gasteiger partial charge in [-0.2, -0.15) is 0 Å². The van der Waals surface area contributed by atoms with Gasteiger partial charge >= 0.3 is 0 Å². The van der Waals surface area contributed by atoms with E-state index in [-0.39, 0.29) is 5.91 Å². The molecule has 2 rings (SSSR count). The molecule has 0 spiro atoms. The fourth-order valence-corrected chi connectivity index (χ4v) is 3.69. The van der Waals surface area contributed by atoms with Gasteiger partial charge in [-0.1, -0.05) is 32.0 Å². The zero-order chi connectivity index (χ0) is 14.0. The molecule has 1 heterocycles. The Morgan fingerprint density at radius 1 is 1.26 bits per heavy atom. The molecule has 5 heteroatoms. The molecule has 2 nitrogen and oxygen atoms in total. The number of carbonyl (C=O) groups is 1. The Balaban J connectivity index is 2.24. The van der Waals surface area contributed by atoms with Crippen molar-refractivity contribution in [3.05, 3.63) is 49.0 Å². The Hall–Kier alpha value is -0.650. The van der Waals surface area contributed by atoms with Gasteiger partial charge in [-0.3, -0.25) is 4.79 Å². The summed E-state index contributed by atoms with van der Waals surface area (Å²) < 4.78 is 1.83. The smallest absolute Gasteiger partial charge is 0.265 e. The Kier molecular flexibility index (Phi) is 4.81. The highest BCUT2D eigenvalue weighted by Gasteiger charge is 2.14. The molecule has 1 aromatic heterocycles. The summed E-state index contributed by atoms with van der Waals surface area (Å²) in [6, 6.07) is 9.72. The third-order valence-corrected chi connectivity index (χ3v) is 5.95. The number of benzene rings is 1. The van der Waals surface area contributed by atoms with Gasteiger partial charge in [0.1, 0.15) is 0 Å². The molecular formula is C14H13Br2NOS. The van der Waals surface area contributed by atoms with E-state index in [9.17, 15) is 4.79 Å². The van der Waals surface area contributed by atoms with E-state index >= 15 is 0 Å². The minimum atomic E-state index is -0.0792. The molecule has 0 saturated carbocycles. The Bertz CT molecular complexity index is 588. The van der Waals surface area contributed by atoms with Gasteiger partial charge in [0.25, 0.3) is 5.91 Å². The Morgan fingerprint density at radius 3 is 2.53 bits per heavy atom. The molecule has 0 aliphatic heterocycles. The van der Waals surface area contributed by atoms with Gasteiger partial charge in [0.2, 0.25) is 0 Å². The second kappa shape index (κ2) is 6.20. The molecule has 0 radical (unpaired) electrons. The SMILES string of the molecule is CC(C)c1ccccc1NC(=O)c1cc(Br)c(Br)s1. The molecule has 0 aliphatic carbocycles. The van der Waals surface area contributed by atoms with E-state index in [1.807, 2.05) is 30.3 Å². The van der Waals surface area contributed by atoms with Crippen molar-refractivity contribution in [2.75, 3.05) is 5.32 Å². The zero-order valence-corrected chi connectivity index (χ0v) is 14.5. The summed E-state index contributed by atoms with van der Waals surface area (Å²) in [5.74, 6) is 0.294. The molecule has 0 unspecified atom stereocenters. The summed E-state index contributed by atoms with van der Waals surface area (Å²) in [4.78, 5) is 12.9. The van der Waals surface area contributed by atoms with E-state index < -0.39 is 0 Å². The molecule has 0 aliphatic rings. The lowest BCUT2D eigenvalue weighted by Gasteiger charge is -2.12. The highest BCUT2D eigenvalue weighted by atomic mass is 79.9. The first-order chi connectivity index (χ1) is 8.99. The van der Waals surface area contributed by atoms with Gasteiger partial charge in [0, 0.05) is 10.2 Å². The lowest BCUT2D eigenvalue weighted by Crippen LogP contribution is -2.12. The first-order valence-electron chi connectivity index (χ1n) is 5.84. The average molecular weight is 403 g/mol. The fraction of sp³-hybridized carbons (Fsp3) is 0.214. The summed E-state index contributed by atoms with van der Waals surface area (Å²) in [7, 11) is 0. The van der Waals surface area contributed by atoms with Crippen LogP contribution in [0, 0.1) is 0 Å². The Labute approximate surface area is 133 Å². The van der Waals surface area contributed by atoms with Crippen LogP contribution in [0.3, 0.4) is 0 Å². The van der Waals surface area contributed by atoms with Crippen molar-refractivity contribution >= 4 is 54.8 Å². The number of nitrogens with one attached hydrogen (secondary N) is 1. The third-order valence-electron chi connectivity index (χ3n) is 2.70. The summed E-state index contributed by atoms with van der Waals surface area (Å²) in [6.45, 7) is 4.23. The summed E-state index contributed by atoms with van der Waals surface area (Å²) >= 11 is 8.20. The maximum atomic E-state index is 12.2. The van der Waals surface area contributed by atoms with Crippen LogP contribution in [0.2, 0.25) is 0 Å². The molecule has 0 saturated heterocycles. The minimum Gasteiger partial charge on any atom is -0.321 e. The number of amides is 1. The van der Waals surface area contributed by atoms with Gasteiger partial charge in [-0.25, -0.2) is 0 Å². The third kappa shape index (κ3) is 3.46. The van der Waals surface area contributed by atoms with Crippen LogP contribution in [0.25, 0.3) is 0 Å². The van der Waals surface area contributed by atoms with Gasteiger partial charge in [0.15, 0.2) is 0 Å². The topological polar surface area (TPSA) is 29.1 Å². The van der Waals surface area contributed by atoms with Crippen LogP contribution in [0.15, 0.2) is 38.6 Å². The van der Waals surface area contributed by atoms with Crippen LogP contribution in [-0.4, -0.2) is 5.91 Å². The largest absolute Gasteiger partial charge is 0.321 e. The van der Waals surface area contributed by atoms with Crippen molar-refractivity contribution in [2.45, 2.75) is 19.8 Å². The molecule has 0 fully saturated rings. The number of carbonyl (C=O) groups excluding carboxylic acids is 1. The van der Waals surface area contributed by atoms with Crippen LogP contribution >= 0.6 is 43.2 Å². The number of halogens is 2. The second-order valence-corrected chi connectivity index (χ2v) is 7.65. The fourth-order valence-electron chi connectivity index (χ4n) is 1.76. The van der Waals surface area contributed by atoms with Crippen molar-refractivity contribution < 1.29 is 4.79 Å². The number of rotatable bonds is 3. The molecule has 1 N–H and O–H groups in total. The van der Waals surface area contributed by atoms with Gasteiger partial charge < -0.3 is 5.32 Å². The quantitative estimate of drug-likeness (QED) is 0.706. The minimum absolute atomic E-state index is 0.0792. The number of hydrogen-bond donors (Lipinski definition) is 1. The number of anilines is 1. The van der Waals surface area contributed by atoms with Gasteiger partial charge in [-0.05, 0) is 55.5 Å². The number of hydrogen-bond acceptors (Lipinski definition) is 2. The molecule has 100 valence electrons. The van der Waals surface area contributed by atoms with Gasteiger partial charge in [0.05, 0.1) is 8.66 Å². The molecule has 2 aromatic rings. The van der Waals surface area contributed by atoms with Crippen molar-refractivity contribution in [3.63, 3.8) is 0 Å². The monoisotopic (exact) mass is 401 g/mol. The maximum Gasteiger partial charge on any atom is 0.265 e. The van der Waals surface area contributed by atoms with Crippen LogP contribution in [-0.2, 0) is 0 Å². The predicted octanol–water partition coefficient (Wildman–Crippen LogP) is 5.65. The van der Waals surface area contributed by atoms with Gasteiger partial charge in [-0.15, -0.1) is 11.3 Å². The molecule has 19 heavy (non-hydrogen) atoms. The summed E-state index contributed by atoms with van der Waals surface area (Å²) in [5, 5.41) is 2.98. The number of para-hydroxylation sites is 1.